The van der Waals surface area contributed by atoms with Crippen molar-refractivity contribution in [3.8, 4) is 0 Å². The molecular weight excluding hydrogens is 302 g/mol. The van der Waals surface area contributed by atoms with E-state index in [1.165, 1.54) is 10.5 Å². The Morgan fingerprint density at radius 3 is 2.71 bits per heavy atom. The van der Waals surface area contributed by atoms with E-state index < -0.39 is 0 Å². The highest BCUT2D eigenvalue weighted by Gasteiger charge is 2.24. The molecule has 1 heterocycles. The molecule has 2 N–H and O–H groups in total. The van der Waals surface area contributed by atoms with Gasteiger partial charge in [-0.2, -0.15) is 0 Å². The first-order valence-corrected chi connectivity index (χ1v) is 7.69. The Kier molecular flexibility index (Phi) is 4.39. The van der Waals surface area contributed by atoms with Crippen LogP contribution in [0.5, 0.6) is 0 Å². The summed E-state index contributed by atoms with van der Waals surface area (Å²) in [6.45, 7) is 2.64. The number of benzene rings is 2. The first-order chi connectivity index (χ1) is 10.2. The normalized spacial score (nSPS) is 18.4. The SMILES string of the molecule is S=C1NC[NH+](Cc2ccccc2)CN1c1cccc(Cl)c1. The van der Waals surface area contributed by atoms with Gasteiger partial charge in [0.15, 0.2) is 18.4 Å². The van der Waals surface area contributed by atoms with Crippen molar-refractivity contribution in [2.24, 2.45) is 0 Å². The molecule has 0 radical (unpaired) electrons. The first-order valence-electron chi connectivity index (χ1n) is 6.91. The zero-order chi connectivity index (χ0) is 14.7. The van der Waals surface area contributed by atoms with E-state index >= 15 is 0 Å². The molecule has 0 saturated carbocycles. The Hall–Kier alpha value is -1.62. The average molecular weight is 319 g/mol. The topological polar surface area (TPSA) is 19.7 Å². The maximum Gasteiger partial charge on any atom is 0.182 e. The molecule has 0 bridgehead atoms. The number of thiocarbonyl (C=S) groups is 1. The lowest BCUT2D eigenvalue weighted by Crippen LogP contribution is -3.16. The summed E-state index contributed by atoms with van der Waals surface area (Å²) in [5.41, 5.74) is 2.36. The minimum Gasteiger partial charge on any atom is -0.315 e. The molecule has 0 amide bonds. The predicted molar refractivity (Wildman–Crippen MR) is 90.5 cm³/mol. The van der Waals surface area contributed by atoms with E-state index in [0.29, 0.717) is 0 Å². The van der Waals surface area contributed by atoms with Crippen LogP contribution in [0.2, 0.25) is 5.02 Å². The molecule has 2 aromatic carbocycles. The third-order valence-electron chi connectivity index (χ3n) is 3.53. The molecule has 1 unspecified atom stereocenters. The number of nitrogens with zero attached hydrogens (tertiary/aromatic N) is 1. The molecule has 3 rings (SSSR count). The van der Waals surface area contributed by atoms with Crippen molar-refractivity contribution in [2.75, 3.05) is 18.2 Å². The second kappa shape index (κ2) is 6.43. The molecule has 0 spiro atoms. The van der Waals surface area contributed by atoms with Gasteiger partial charge in [0, 0.05) is 10.6 Å². The average Bonchev–Trinajstić information content (AvgIpc) is 2.50. The van der Waals surface area contributed by atoms with Gasteiger partial charge in [0.2, 0.25) is 0 Å². The molecule has 0 aromatic heterocycles. The number of halogens is 1. The summed E-state index contributed by atoms with van der Waals surface area (Å²) >= 11 is 11.5. The van der Waals surface area contributed by atoms with Gasteiger partial charge in [-0.05, 0) is 30.4 Å². The minimum atomic E-state index is 0.727. The fourth-order valence-electron chi connectivity index (χ4n) is 2.50. The highest BCUT2D eigenvalue weighted by atomic mass is 35.5. The smallest absolute Gasteiger partial charge is 0.182 e. The number of quaternary nitrogens is 1. The molecule has 108 valence electrons. The molecule has 1 aliphatic heterocycles. The van der Waals surface area contributed by atoms with E-state index in [0.717, 1.165) is 35.7 Å². The molecule has 2 aromatic rings. The molecule has 1 fully saturated rings. The van der Waals surface area contributed by atoms with Gasteiger partial charge in [-0.25, -0.2) is 0 Å². The Morgan fingerprint density at radius 1 is 1.14 bits per heavy atom. The number of hydrogen-bond donors (Lipinski definition) is 2. The van der Waals surface area contributed by atoms with Crippen LogP contribution in [0.25, 0.3) is 0 Å². The Bertz CT molecular complexity index is 632. The van der Waals surface area contributed by atoms with Gasteiger partial charge in [-0.15, -0.1) is 0 Å². The Balaban J connectivity index is 1.74. The van der Waals surface area contributed by atoms with E-state index in [4.69, 9.17) is 23.8 Å². The van der Waals surface area contributed by atoms with Crippen molar-refractivity contribution >= 4 is 34.6 Å². The summed E-state index contributed by atoms with van der Waals surface area (Å²) in [4.78, 5) is 3.51. The van der Waals surface area contributed by atoms with Crippen LogP contribution < -0.4 is 15.1 Å². The summed E-state index contributed by atoms with van der Waals surface area (Å²) in [5.74, 6) is 0. The lowest BCUT2D eigenvalue weighted by molar-refractivity contribution is -0.916. The predicted octanol–water partition coefficient (Wildman–Crippen LogP) is 2.03. The standard InChI is InChI=1S/C16H16ClN3S/c17-14-7-4-8-15(9-14)20-12-19(11-18-16(20)21)10-13-5-2-1-3-6-13/h1-9H,10-12H2,(H,18,21)/p+1. The van der Waals surface area contributed by atoms with Crippen molar-refractivity contribution in [3.05, 3.63) is 65.2 Å². The molecule has 5 heteroatoms. The first kappa shape index (κ1) is 14.3. The second-order valence-electron chi connectivity index (χ2n) is 5.14. The van der Waals surface area contributed by atoms with Gasteiger partial charge in [0.1, 0.15) is 6.54 Å². The molecule has 0 aliphatic carbocycles. The third kappa shape index (κ3) is 3.53. The van der Waals surface area contributed by atoms with Gasteiger partial charge in [0.25, 0.3) is 0 Å². The van der Waals surface area contributed by atoms with Crippen molar-refractivity contribution < 1.29 is 4.90 Å². The van der Waals surface area contributed by atoms with Gasteiger partial charge >= 0.3 is 0 Å². The van der Waals surface area contributed by atoms with Gasteiger partial charge in [-0.3, -0.25) is 9.80 Å². The Morgan fingerprint density at radius 2 is 1.95 bits per heavy atom. The maximum atomic E-state index is 6.08. The van der Waals surface area contributed by atoms with E-state index in [1.807, 2.05) is 30.3 Å². The molecule has 21 heavy (non-hydrogen) atoms. The van der Waals surface area contributed by atoms with Crippen molar-refractivity contribution in [1.82, 2.24) is 5.32 Å². The summed E-state index contributed by atoms with van der Waals surface area (Å²) in [5, 5.41) is 4.78. The van der Waals surface area contributed by atoms with Crippen LogP contribution in [0, 0.1) is 0 Å². The third-order valence-corrected chi connectivity index (χ3v) is 4.13. The summed E-state index contributed by atoms with van der Waals surface area (Å²) in [6.07, 6.45) is 0. The molecular formula is C16H17ClN3S+. The van der Waals surface area contributed by atoms with E-state index in [1.54, 1.807) is 0 Å². The van der Waals surface area contributed by atoms with E-state index in [-0.39, 0.29) is 0 Å². The lowest BCUT2D eigenvalue weighted by Gasteiger charge is -2.35. The van der Waals surface area contributed by atoms with Crippen molar-refractivity contribution in [3.63, 3.8) is 0 Å². The van der Waals surface area contributed by atoms with Gasteiger partial charge in [-0.1, -0.05) is 48.0 Å². The van der Waals surface area contributed by atoms with Crippen LogP contribution in [-0.2, 0) is 6.54 Å². The summed E-state index contributed by atoms with van der Waals surface area (Å²) < 4.78 is 0. The fourth-order valence-corrected chi connectivity index (χ4v) is 2.93. The number of nitrogens with one attached hydrogen (secondary N) is 2. The van der Waals surface area contributed by atoms with Gasteiger partial charge in [0.05, 0.1) is 5.69 Å². The van der Waals surface area contributed by atoms with Crippen LogP contribution in [0.3, 0.4) is 0 Å². The van der Waals surface area contributed by atoms with Crippen LogP contribution in [0.4, 0.5) is 5.69 Å². The highest BCUT2D eigenvalue weighted by Crippen LogP contribution is 2.19. The van der Waals surface area contributed by atoms with Crippen molar-refractivity contribution in [1.29, 1.82) is 0 Å². The molecule has 1 atom stereocenters. The van der Waals surface area contributed by atoms with Gasteiger partial charge < -0.3 is 5.32 Å². The zero-order valence-corrected chi connectivity index (χ0v) is 13.1. The molecule has 3 nitrogen and oxygen atoms in total. The maximum absolute atomic E-state index is 6.08. The largest absolute Gasteiger partial charge is 0.315 e. The monoisotopic (exact) mass is 318 g/mol. The second-order valence-corrected chi connectivity index (χ2v) is 5.96. The highest BCUT2D eigenvalue weighted by molar-refractivity contribution is 7.80. The minimum absolute atomic E-state index is 0.727. The Labute approximate surface area is 135 Å². The summed E-state index contributed by atoms with van der Waals surface area (Å²) in [6, 6.07) is 18.3. The number of rotatable bonds is 3. The molecule has 1 saturated heterocycles. The van der Waals surface area contributed by atoms with Crippen LogP contribution in [-0.4, -0.2) is 18.4 Å². The summed E-state index contributed by atoms with van der Waals surface area (Å²) in [7, 11) is 0. The quantitative estimate of drug-likeness (QED) is 0.845. The van der Waals surface area contributed by atoms with Crippen LogP contribution in [0.1, 0.15) is 5.56 Å². The fraction of sp³-hybridized carbons (Fsp3) is 0.188. The molecule has 1 aliphatic rings. The van der Waals surface area contributed by atoms with E-state index in [9.17, 15) is 0 Å². The van der Waals surface area contributed by atoms with Crippen molar-refractivity contribution in [2.45, 2.75) is 6.54 Å². The van der Waals surface area contributed by atoms with Crippen LogP contribution >= 0.6 is 23.8 Å². The van der Waals surface area contributed by atoms with Crippen LogP contribution in [0.15, 0.2) is 54.6 Å². The van der Waals surface area contributed by atoms with E-state index in [2.05, 4.69) is 34.5 Å². The zero-order valence-electron chi connectivity index (χ0n) is 11.6. The number of anilines is 1. The number of hydrogen-bond acceptors (Lipinski definition) is 1. The lowest BCUT2D eigenvalue weighted by atomic mass is 10.2.